The molecule has 0 fully saturated rings. The van der Waals surface area contributed by atoms with Crippen molar-refractivity contribution in [3.05, 3.63) is 32.7 Å². The van der Waals surface area contributed by atoms with Crippen LogP contribution < -0.4 is 11.3 Å². The Labute approximate surface area is 77.5 Å². The van der Waals surface area contributed by atoms with Crippen LogP contribution in [0.3, 0.4) is 0 Å². The van der Waals surface area contributed by atoms with Gasteiger partial charge in [-0.1, -0.05) is 0 Å². The number of aliphatic hydroxyl groups excluding tert-OH is 1. The van der Waals surface area contributed by atoms with Crippen molar-refractivity contribution < 1.29 is 5.11 Å². The quantitative estimate of drug-likeness (QED) is 0.679. The second-order valence-corrected chi connectivity index (χ2v) is 3.22. The van der Waals surface area contributed by atoms with Crippen LogP contribution in [-0.2, 0) is 0 Å². The molecule has 0 spiro atoms. The average Bonchev–Trinajstić information content (AvgIpc) is 2.08. The molecule has 4 N–H and O–H groups in total. The van der Waals surface area contributed by atoms with Crippen molar-refractivity contribution in [3.8, 4) is 0 Å². The van der Waals surface area contributed by atoms with Gasteiger partial charge >= 0.3 is 0 Å². The number of aliphatic hydroxyl groups is 1. The van der Waals surface area contributed by atoms with Gasteiger partial charge in [0.1, 0.15) is 0 Å². The zero-order valence-electron chi connectivity index (χ0n) is 6.25. The predicted octanol–water partition coefficient (Wildman–Crippen LogP) is 0.130. The highest BCUT2D eigenvalue weighted by atomic mass is 79.9. The molecule has 0 bridgehead atoms. The van der Waals surface area contributed by atoms with E-state index in [4.69, 9.17) is 5.73 Å². The summed E-state index contributed by atoms with van der Waals surface area (Å²) in [4.78, 5) is 13.3. The van der Waals surface area contributed by atoms with Gasteiger partial charge in [0.05, 0.1) is 10.6 Å². The molecule has 1 aromatic heterocycles. The van der Waals surface area contributed by atoms with Gasteiger partial charge in [0.15, 0.2) is 0 Å². The molecule has 0 aliphatic carbocycles. The Morgan fingerprint density at radius 3 is 2.92 bits per heavy atom. The number of nitrogens with two attached hydrogens (primary N) is 1. The first kappa shape index (κ1) is 9.44. The molecule has 66 valence electrons. The van der Waals surface area contributed by atoms with Crippen molar-refractivity contribution in [1.29, 1.82) is 0 Å². The normalized spacial score (nSPS) is 12.9. The van der Waals surface area contributed by atoms with E-state index in [1.807, 2.05) is 0 Å². The van der Waals surface area contributed by atoms with Crippen LogP contribution in [0.5, 0.6) is 0 Å². The highest BCUT2D eigenvalue weighted by Crippen LogP contribution is 2.12. The Hall–Kier alpha value is -0.650. The van der Waals surface area contributed by atoms with Crippen molar-refractivity contribution in [1.82, 2.24) is 4.98 Å². The first-order valence-corrected chi connectivity index (χ1v) is 4.20. The van der Waals surface area contributed by atoms with Gasteiger partial charge in [0.2, 0.25) is 0 Å². The van der Waals surface area contributed by atoms with Gasteiger partial charge in [-0.15, -0.1) is 0 Å². The highest BCUT2D eigenvalue weighted by Gasteiger charge is 2.06. The lowest BCUT2D eigenvalue weighted by Crippen LogP contribution is -2.14. The number of nitrogens with one attached hydrogen (secondary N) is 1. The van der Waals surface area contributed by atoms with Gasteiger partial charge in [0, 0.05) is 12.7 Å². The number of halogens is 1. The number of hydrogen-bond donors (Lipinski definition) is 3. The number of aromatic nitrogens is 1. The molecule has 0 saturated heterocycles. The van der Waals surface area contributed by atoms with E-state index in [1.54, 1.807) is 6.07 Å². The third-order valence-electron chi connectivity index (χ3n) is 1.49. The number of pyridine rings is 1. The van der Waals surface area contributed by atoms with Crippen LogP contribution in [0.2, 0.25) is 0 Å². The Morgan fingerprint density at radius 1 is 1.75 bits per heavy atom. The number of H-pyrrole nitrogens is 1. The third kappa shape index (κ3) is 1.94. The Kier molecular flexibility index (Phi) is 3.02. The number of aromatic amines is 1. The van der Waals surface area contributed by atoms with Crippen LogP contribution in [0.4, 0.5) is 0 Å². The first-order chi connectivity index (χ1) is 5.65. The molecule has 0 aliphatic rings. The molecule has 1 aromatic rings. The minimum absolute atomic E-state index is 0.137. The molecule has 4 nitrogen and oxygen atoms in total. The van der Waals surface area contributed by atoms with Crippen LogP contribution in [0.1, 0.15) is 11.7 Å². The van der Waals surface area contributed by atoms with Gasteiger partial charge in [-0.3, -0.25) is 4.79 Å². The minimum Gasteiger partial charge on any atom is -0.387 e. The fourth-order valence-corrected chi connectivity index (χ4v) is 1.18. The number of hydrogen-bond acceptors (Lipinski definition) is 3. The monoisotopic (exact) mass is 232 g/mol. The maximum Gasteiger partial charge on any atom is 0.262 e. The van der Waals surface area contributed by atoms with Gasteiger partial charge in [-0.25, -0.2) is 0 Å². The van der Waals surface area contributed by atoms with Crippen molar-refractivity contribution in [3.63, 3.8) is 0 Å². The fourth-order valence-electron chi connectivity index (χ4n) is 0.800. The molecule has 1 atom stereocenters. The van der Waals surface area contributed by atoms with E-state index in [0.717, 1.165) is 0 Å². The zero-order chi connectivity index (χ0) is 9.14. The molecule has 0 amide bonds. The van der Waals surface area contributed by atoms with E-state index >= 15 is 0 Å². The molecular weight excluding hydrogens is 224 g/mol. The van der Waals surface area contributed by atoms with Crippen LogP contribution >= 0.6 is 15.9 Å². The topological polar surface area (TPSA) is 79.1 Å². The summed E-state index contributed by atoms with van der Waals surface area (Å²) in [6, 6.07) is 1.55. The summed E-state index contributed by atoms with van der Waals surface area (Å²) in [6.07, 6.45) is 0.725. The van der Waals surface area contributed by atoms with Gasteiger partial charge in [0.25, 0.3) is 5.56 Å². The Bertz CT molecular complexity index is 323. The van der Waals surface area contributed by atoms with E-state index in [9.17, 15) is 9.90 Å². The Morgan fingerprint density at radius 2 is 2.42 bits per heavy atom. The van der Waals surface area contributed by atoms with Crippen molar-refractivity contribution in [2.24, 2.45) is 5.73 Å². The lowest BCUT2D eigenvalue weighted by Gasteiger charge is -2.06. The second kappa shape index (κ2) is 3.84. The van der Waals surface area contributed by atoms with Crippen LogP contribution in [0.25, 0.3) is 0 Å². The van der Waals surface area contributed by atoms with Crippen LogP contribution in [-0.4, -0.2) is 16.6 Å². The van der Waals surface area contributed by atoms with Crippen LogP contribution in [0.15, 0.2) is 21.5 Å². The Balaban J connectivity index is 3.04. The molecule has 0 aliphatic heterocycles. The van der Waals surface area contributed by atoms with E-state index < -0.39 is 6.10 Å². The van der Waals surface area contributed by atoms with Crippen molar-refractivity contribution >= 4 is 15.9 Å². The summed E-state index contributed by atoms with van der Waals surface area (Å²) in [6.45, 7) is 0.137. The predicted molar refractivity (Wildman–Crippen MR) is 48.8 cm³/mol. The standard InChI is InChI=1S/C7H9BrN2O2/c8-5-1-4(6(11)2-9)3-10-7(5)12/h1,3,6,11H,2,9H2,(H,10,12). The number of rotatable bonds is 2. The SMILES string of the molecule is NCC(O)c1c[nH]c(=O)c(Br)c1. The zero-order valence-corrected chi connectivity index (χ0v) is 7.84. The summed E-state index contributed by atoms with van der Waals surface area (Å²) in [7, 11) is 0. The summed E-state index contributed by atoms with van der Waals surface area (Å²) in [5, 5.41) is 9.28. The molecule has 5 heteroatoms. The van der Waals surface area contributed by atoms with Gasteiger partial charge in [-0.2, -0.15) is 0 Å². The molecule has 0 radical (unpaired) electrons. The molecule has 1 rings (SSSR count). The summed E-state index contributed by atoms with van der Waals surface area (Å²) in [5.41, 5.74) is 5.62. The largest absolute Gasteiger partial charge is 0.387 e. The van der Waals surface area contributed by atoms with E-state index in [1.165, 1.54) is 6.20 Å². The molecule has 0 aromatic carbocycles. The van der Waals surface area contributed by atoms with E-state index in [-0.39, 0.29) is 12.1 Å². The molecular formula is C7H9BrN2O2. The van der Waals surface area contributed by atoms with E-state index in [0.29, 0.717) is 10.0 Å². The summed E-state index contributed by atoms with van der Waals surface area (Å²) < 4.78 is 0.396. The fraction of sp³-hybridized carbons (Fsp3) is 0.286. The smallest absolute Gasteiger partial charge is 0.262 e. The highest BCUT2D eigenvalue weighted by molar-refractivity contribution is 9.10. The lowest BCUT2D eigenvalue weighted by molar-refractivity contribution is 0.186. The molecule has 1 heterocycles. The minimum atomic E-state index is -0.724. The second-order valence-electron chi connectivity index (χ2n) is 2.36. The molecule has 12 heavy (non-hydrogen) atoms. The van der Waals surface area contributed by atoms with Crippen molar-refractivity contribution in [2.75, 3.05) is 6.54 Å². The van der Waals surface area contributed by atoms with E-state index in [2.05, 4.69) is 20.9 Å². The van der Waals surface area contributed by atoms with Gasteiger partial charge < -0.3 is 15.8 Å². The van der Waals surface area contributed by atoms with Crippen molar-refractivity contribution in [2.45, 2.75) is 6.10 Å². The first-order valence-electron chi connectivity index (χ1n) is 3.41. The lowest BCUT2D eigenvalue weighted by atomic mass is 10.2. The summed E-state index contributed by atoms with van der Waals surface area (Å²) >= 11 is 3.05. The average molecular weight is 233 g/mol. The summed E-state index contributed by atoms with van der Waals surface area (Å²) in [5.74, 6) is 0. The molecule has 0 saturated carbocycles. The molecule has 1 unspecified atom stereocenters. The maximum atomic E-state index is 10.9. The van der Waals surface area contributed by atoms with Crippen LogP contribution in [0, 0.1) is 0 Å². The third-order valence-corrected chi connectivity index (χ3v) is 2.08. The van der Waals surface area contributed by atoms with Gasteiger partial charge in [-0.05, 0) is 27.6 Å². The maximum absolute atomic E-state index is 10.9.